The number of phenolic OH excluding ortho intramolecular Hbond substituents is 1. The number of hydrogen-bond acceptors (Lipinski definition) is 3. The first-order valence-electron chi connectivity index (χ1n) is 5.38. The molecule has 88 valence electrons. The predicted molar refractivity (Wildman–Crippen MR) is 63.1 cm³/mol. The van der Waals surface area contributed by atoms with Crippen LogP contribution in [0.1, 0.15) is 18.9 Å². The standard InChI is InChI=1S/C12H18N2O2/c1-9(13)6-7-14-12(16)8-10-4-2-3-5-11(10)15/h2-5,9,15H,6-8,13H2,1H3,(H,14,16). The summed E-state index contributed by atoms with van der Waals surface area (Å²) < 4.78 is 0. The lowest BCUT2D eigenvalue weighted by Gasteiger charge is -2.08. The monoisotopic (exact) mass is 222 g/mol. The van der Waals surface area contributed by atoms with E-state index in [0.29, 0.717) is 12.1 Å². The Balaban J connectivity index is 2.37. The minimum Gasteiger partial charge on any atom is -0.508 e. The number of benzene rings is 1. The van der Waals surface area contributed by atoms with Crippen molar-refractivity contribution in [2.75, 3.05) is 6.54 Å². The predicted octanol–water partition coefficient (Wildman–Crippen LogP) is 0.788. The molecule has 1 unspecified atom stereocenters. The summed E-state index contributed by atoms with van der Waals surface area (Å²) in [5, 5.41) is 12.2. The molecule has 4 N–H and O–H groups in total. The molecule has 0 saturated heterocycles. The van der Waals surface area contributed by atoms with Crippen molar-refractivity contribution in [3.05, 3.63) is 29.8 Å². The van der Waals surface area contributed by atoms with Gasteiger partial charge in [-0.25, -0.2) is 0 Å². The van der Waals surface area contributed by atoms with Crippen molar-refractivity contribution < 1.29 is 9.90 Å². The lowest BCUT2D eigenvalue weighted by molar-refractivity contribution is -0.120. The lowest BCUT2D eigenvalue weighted by Crippen LogP contribution is -2.30. The molecule has 4 nitrogen and oxygen atoms in total. The molecule has 0 aliphatic rings. The first kappa shape index (κ1) is 12.5. The molecule has 0 radical (unpaired) electrons. The van der Waals surface area contributed by atoms with E-state index >= 15 is 0 Å². The Bertz CT molecular complexity index is 351. The number of hydrogen-bond donors (Lipinski definition) is 3. The molecule has 1 amide bonds. The fourth-order valence-corrected chi connectivity index (χ4v) is 1.34. The Labute approximate surface area is 95.5 Å². The van der Waals surface area contributed by atoms with Crippen LogP contribution >= 0.6 is 0 Å². The van der Waals surface area contributed by atoms with Crippen molar-refractivity contribution in [1.82, 2.24) is 5.32 Å². The third-order valence-electron chi connectivity index (χ3n) is 2.26. The molecule has 0 spiro atoms. The number of para-hydroxylation sites is 1. The van der Waals surface area contributed by atoms with Gasteiger partial charge >= 0.3 is 0 Å². The molecule has 1 aromatic rings. The molecule has 0 heterocycles. The van der Waals surface area contributed by atoms with Gasteiger partial charge in [-0.05, 0) is 19.4 Å². The van der Waals surface area contributed by atoms with Crippen LogP contribution in [0.5, 0.6) is 5.75 Å². The average Bonchev–Trinajstić information content (AvgIpc) is 2.21. The smallest absolute Gasteiger partial charge is 0.224 e. The van der Waals surface area contributed by atoms with Crippen molar-refractivity contribution in [3.8, 4) is 5.75 Å². The maximum atomic E-state index is 11.5. The molecule has 0 bridgehead atoms. The highest BCUT2D eigenvalue weighted by atomic mass is 16.3. The highest BCUT2D eigenvalue weighted by Crippen LogP contribution is 2.15. The summed E-state index contributed by atoms with van der Waals surface area (Å²) in [5.74, 6) is 0.0620. The van der Waals surface area contributed by atoms with Crippen LogP contribution in [0.3, 0.4) is 0 Å². The van der Waals surface area contributed by atoms with Crippen molar-refractivity contribution in [2.45, 2.75) is 25.8 Å². The maximum Gasteiger partial charge on any atom is 0.224 e. The van der Waals surface area contributed by atoms with Gasteiger partial charge in [0.25, 0.3) is 0 Å². The van der Waals surface area contributed by atoms with E-state index in [1.54, 1.807) is 24.3 Å². The number of nitrogens with two attached hydrogens (primary N) is 1. The van der Waals surface area contributed by atoms with Crippen molar-refractivity contribution in [3.63, 3.8) is 0 Å². The number of aromatic hydroxyl groups is 1. The summed E-state index contributed by atoms with van der Waals surface area (Å²) in [4.78, 5) is 11.5. The quantitative estimate of drug-likeness (QED) is 0.689. The third-order valence-corrected chi connectivity index (χ3v) is 2.26. The second-order valence-electron chi connectivity index (χ2n) is 3.92. The summed E-state index contributed by atoms with van der Waals surface area (Å²) in [6, 6.07) is 6.92. The molecule has 16 heavy (non-hydrogen) atoms. The first-order valence-corrected chi connectivity index (χ1v) is 5.38. The average molecular weight is 222 g/mol. The minimum absolute atomic E-state index is 0.0884. The van der Waals surface area contributed by atoms with Gasteiger partial charge in [0.15, 0.2) is 0 Å². The summed E-state index contributed by atoms with van der Waals surface area (Å²) >= 11 is 0. The lowest BCUT2D eigenvalue weighted by atomic mass is 10.1. The number of nitrogens with one attached hydrogen (secondary N) is 1. The highest BCUT2D eigenvalue weighted by molar-refractivity contribution is 5.79. The van der Waals surface area contributed by atoms with Gasteiger partial charge < -0.3 is 16.2 Å². The third kappa shape index (κ3) is 4.31. The zero-order valence-electron chi connectivity index (χ0n) is 9.44. The zero-order chi connectivity index (χ0) is 12.0. The van der Waals surface area contributed by atoms with Crippen LogP contribution < -0.4 is 11.1 Å². The van der Waals surface area contributed by atoms with E-state index in [-0.39, 0.29) is 24.1 Å². The summed E-state index contributed by atoms with van der Waals surface area (Å²) in [6.45, 7) is 2.47. The highest BCUT2D eigenvalue weighted by Gasteiger charge is 2.06. The normalized spacial score (nSPS) is 12.1. The molecule has 1 rings (SSSR count). The van der Waals surface area contributed by atoms with Gasteiger partial charge in [-0.15, -0.1) is 0 Å². The largest absolute Gasteiger partial charge is 0.508 e. The van der Waals surface area contributed by atoms with E-state index in [4.69, 9.17) is 5.73 Å². The van der Waals surface area contributed by atoms with Crippen LogP contribution in [0.4, 0.5) is 0 Å². The van der Waals surface area contributed by atoms with Crippen molar-refractivity contribution in [2.24, 2.45) is 5.73 Å². The molecular formula is C12H18N2O2. The van der Waals surface area contributed by atoms with Gasteiger partial charge in [0.2, 0.25) is 5.91 Å². The Kier molecular flexibility index (Phi) is 4.79. The molecule has 4 heteroatoms. The van der Waals surface area contributed by atoms with Crippen LogP contribution in [-0.4, -0.2) is 23.6 Å². The van der Waals surface area contributed by atoms with E-state index in [9.17, 15) is 9.90 Å². The number of phenols is 1. The van der Waals surface area contributed by atoms with Gasteiger partial charge in [0.1, 0.15) is 5.75 Å². The van der Waals surface area contributed by atoms with Gasteiger partial charge in [0.05, 0.1) is 6.42 Å². The fraction of sp³-hybridized carbons (Fsp3) is 0.417. The van der Waals surface area contributed by atoms with Crippen LogP contribution in [0.15, 0.2) is 24.3 Å². The summed E-state index contributed by atoms with van der Waals surface area (Å²) in [6.07, 6.45) is 0.956. The second kappa shape index (κ2) is 6.12. The maximum absolute atomic E-state index is 11.5. The molecule has 1 aromatic carbocycles. The van der Waals surface area contributed by atoms with Crippen molar-refractivity contribution in [1.29, 1.82) is 0 Å². The number of rotatable bonds is 5. The summed E-state index contributed by atoms with van der Waals surface area (Å²) in [7, 11) is 0. The molecule has 0 aliphatic heterocycles. The minimum atomic E-state index is -0.0952. The number of amides is 1. The first-order chi connectivity index (χ1) is 7.59. The Hall–Kier alpha value is -1.55. The van der Waals surface area contributed by atoms with Crippen LogP contribution in [0.25, 0.3) is 0 Å². The van der Waals surface area contributed by atoms with Gasteiger partial charge in [-0.3, -0.25) is 4.79 Å². The van der Waals surface area contributed by atoms with Crippen LogP contribution in [0, 0.1) is 0 Å². The van der Waals surface area contributed by atoms with E-state index < -0.39 is 0 Å². The van der Waals surface area contributed by atoms with Crippen LogP contribution in [0.2, 0.25) is 0 Å². The van der Waals surface area contributed by atoms with E-state index in [0.717, 1.165) is 6.42 Å². The molecule has 0 fully saturated rings. The molecule has 0 aliphatic carbocycles. The number of carbonyl (C=O) groups excluding carboxylic acids is 1. The van der Waals surface area contributed by atoms with Gasteiger partial charge in [-0.1, -0.05) is 18.2 Å². The SMILES string of the molecule is CC(N)CCNC(=O)Cc1ccccc1O. The van der Waals surface area contributed by atoms with E-state index in [1.807, 2.05) is 6.92 Å². The molecule has 1 atom stereocenters. The van der Waals surface area contributed by atoms with E-state index in [1.165, 1.54) is 0 Å². The fourth-order valence-electron chi connectivity index (χ4n) is 1.34. The molecule has 0 aromatic heterocycles. The van der Waals surface area contributed by atoms with Gasteiger partial charge in [0, 0.05) is 18.2 Å². The molecule has 0 saturated carbocycles. The Morgan fingerprint density at radius 1 is 1.50 bits per heavy atom. The zero-order valence-corrected chi connectivity index (χ0v) is 9.44. The van der Waals surface area contributed by atoms with E-state index in [2.05, 4.69) is 5.32 Å². The van der Waals surface area contributed by atoms with Gasteiger partial charge in [-0.2, -0.15) is 0 Å². The summed E-state index contributed by atoms with van der Waals surface area (Å²) in [5.41, 5.74) is 6.20. The topological polar surface area (TPSA) is 75.3 Å². The Morgan fingerprint density at radius 2 is 2.19 bits per heavy atom. The van der Waals surface area contributed by atoms with Crippen LogP contribution in [-0.2, 0) is 11.2 Å². The Morgan fingerprint density at radius 3 is 2.81 bits per heavy atom. The second-order valence-corrected chi connectivity index (χ2v) is 3.92. The van der Waals surface area contributed by atoms with Crippen molar-refractivity contribution >= 4 is 5.91 Å². The number of carbonyl (C=O) groups is 1. The molecular weight excluding hydrogens is 204 g/mol.